The molecule has 0 aromatic rings. The van der Waals surface area contributed by atoms with E-state index in [1.54, 1.807) is 0 Å². The van der Waals surface area contributed by atoms with Crippen LogP contribution in [0.1, 0.15) is 19.3 Å². The second-order valence-electron chi connectivity index (χ2n) is 3.33. The quantitative estimate of drug-likeness (QED) is 0.545. The van der Waals surface area contributed by atoms with Gasteiger partial charge in [0.05, 0.1) is 0 Å². The molecule has 0 bridgehead atoms. The molecule has 0 spiro atoms. The van der Waals surface area contributed by atoms with E-state index in [1.807, 2.05) is 0 Å². The topological polar surface area (TPSA) is 43.1 Å². The van der Waals surface area contributed by atoms with E-state index in [2.05, 4.69) is 0 Å². The van der Waals surface area contributed by atoms with Crippen molar-refractivity contribution in [3.05, 3.63) is 0 Å². The van der Waals surface area contributed by atoms with Gasteiger partial charge in [0.25, 0.3) is 0 Å². The van der Waals surface area contributed by atoms with Gasteiger partial charge in [-0.25, -0.2) is 0 Å². The Kier molecular flexibility index (Phi) is 0.875. The first-order valence-electron chi connectivity index (χ1n) is 3.56. The van der Waals surface area contributed by atoms with Crippen LogP contribution in [-0.2, 0) is 4.79 Å². The summed E-state index contributed by atoms with van der Waals surface area (Å²) in [5, 5.41) is 0. The van der Waals surface area contributed by atoms with Crippen LogP contribution in [0.3, 0.4) is 0 Å². The van der Waals surface area contributed by atoms with Crippen molar-refractivity contribution in [2.45, 2.75) is 19.3 Å². The van der Waals surface area contributed by atoms with E-state index in [-0.39, 0.29) is 11.8 Å². The largest absolute Gasteiger partial charge is 0.369 e. The van der Waals surface area contributed by atoms with Crippen molar-refractivity contribution in [2.24, 2.45) is 23.5 Å². The molecule has 1 amide bonds. The van der Waals surface area contributed by atoms with Gasteiger partial charge in [-0.15, -0.1) is 0 Å². The molecule has 2 saturated carbocycles. The highest BCUT2D eigenvalue weighted by Gasteiger charge is 2.47. The van der Waals surface area contributed by atoms with Crippen LogP contribution in [0.25, 0.3) is 0 Å². The summed E-state index contributed by atoms with van der Waals surface area (Å²) in [6.45, 7) is 0. The molecule has 3 atom stereocenters. The summed E-state index contributed by atoms with van der Waals surface area (Å²) in [7, 11) is 0. The Hall–Kier alpha value is -0.530. The molecule has 0 aromatic carbocycles. The average molecular weight is 125 g/mol. The van der Waals surface area contributed by atoms with Gasteiger partial charge in [0.2, 0.25) is 5.91 Å². The molecule has 2 heteroatoms. The highest BCUT2D eigenvalue weighted by atomic mass is 16.1. The molecule has 0 aliphatic heterocycles. The lowest BCUT2D eigenvalue weighted by molar-refractivity contribution is -0.121. The fourth-order valence-corrected chi connectivity index (χ4v) is 1.95. The first kappa shape index (κ1) is 5.27. The molecule has 50 valence electrons. The van der Waals surface area contributed by atoms with Crippen LogP contribution >= 0.6 is 0 Å². The number of carbonyl (C=O) groups excluding carboxylic acids is 1. The number of hydrogen-bond acceptors (Lipinski definition) is 1. The van der Waals surface area contributed by atoms with Gasteiger partial charge < -0.3 is 5.73 Å². The van der Waals surface area contributed by atoms with Gasteiger partial charge in [0.1, 0.15) is 0 Å². The summed E-state index contributed by atoms with van der Waals surface area (Å²) < 4.78 is 0. The predicted octanol–water partition coefficient (Wildman–Crippen LogP) is 0.518. The van der Waals surface area contributed by atoms with Crippen molar-refractivity contribution in [1.82, 2.24) is 0 Å². The number of primary amides is 1. The summed E-state index contributed by atoms with van der Waals surface area (Å²) in [6.07, 6.45) is 3.53. The minimum absolute atomic E-state index is 0.0813. The molecule has 2 fully saturated rings. The maximum atomic E-state index is 10.6. The summed E-state index contributed by atoms with van der Waals surface area (Å²) in [6, 6.07) is 0. The van der Waals surface area contributed by atoms with E-state index >= 15 is 0 Å². The zero-order chi connectivity index (χ0) is 6.43. The van der Waals surface area contributed by atoms with Crippen molar-refractivity contribution in [3.8, 4) is 0 Å². The third-order valence-corrected chi connectivity index (χ3v) is 2.65. The van der Waals surface area contributed by atoms with E-state index in [4.69, 9.17) is 5.73 Å². The Morgan fingerprint density at radius 2 is 1.78 bits per heavy atom. The van der Waals surface area contributed by atoms with Gasteiger partial charge >= 0.3 is 0 Å². The lowest BCUT2D eigenvalue weighted by Crippen LogP contribution is -2.21. The Morgan fingerprint density at radius 1 is 1.22 bits per heavy atom. The SMILES string of the molecule is NC(=O)C1C[C@@H]2C[C@@H]2C1. The minimum Gasteiger partial charge on any atom is -0.369 e. The van der Waals surface area contributed by atoms with Crippen LogP contribution in [0.5, 0.6) is 0 Å². The number of amides is 1. The number of nitrogens with two attached hydrogens (primary N) is 1. The van der Waals surface area contributed by atoms with Crippen LogP contribution in [0.2, 0.25) is 0 Å². The highest BCUT2D eigenvalue weighted by Crippen LogP contribution is 2.54. The van der Waals surface area contributed by atoms with Crippen LogP contribution < -0.4 is 5.73 Å². The smallest absolute Gasteiger partial charge is 0.220 e. The van der Waals surface area contributed by atoms with Gasteiger partial charge in [-0.1, -0.05) is 0 Å². The fraction of sp³-hybridized carbons (Fsp3) is 0.857. The van der Waals surface area contributed by atoms with Crippen molar-refractivity contribution in [3.63, 3.8) is 0 Å². The molecular formula is C7H11NO. The van der Waals surface area contributed by atoms with Crippen LogP contribution in [0, 0.1) is 17.8 Å². The van der Waals surface area contributed by atoms with Gasteiger partial charge in [-0.3, -0.25) is 4.79 Å². The van der Waals surface area contributed by atoms with E-state index in [0.29, 0.717) is 0 Å². The van der Waals surface area contributed by atoms with Crippen molar-refractivity contribution >= 4 is 5.91 Å². The second-order valence-corrected chi connectivity index (χ2v) is 3.33. The summed E-state index contributed by atoms with van der Waals surface area (Å²) in [4.78, 5) is 10.6. The first-order chi connectivity index (χ1) is 4.27. The monoisotopic (exact) mass is 125 g/mol. The third kappa shape index (κ3) is 0.732. The summed E-state index contributed by atoms with van der Waals surface area (Å²) in [5.41, 5.74) is 5.14. The van der Waals surface area contributed by atoms with Crippen LogP contribution in [-0.4, -0.2) is 5.91 Å². The number of fused-ring (bicyclic) bond motifs is 1. The van der Waals surface area contributed by atoms with Crippen LogP contribution in [0.4, 0.5) is 0 Å². The Bertz CT molecular complexity index is 145. The fourth-order valence-electron chi connectivity index (χ4n) is 1.95. The van der Waals surface area contributed by atoms with Crippen molar-refractivity contribution < 1.29 is 4.79 Å². The normalized spacial score (nSPS) is 46.4. The third-order valence-electron chi connectivity index (χ3n) is 2.65. The lowest BCUT2D eigenvalue weighted by atomic mass is 10.0. The Balaban J connectivity index is 1.97. The second kappa shape index (κ2) is 1.49. The van der Waals surface area contributed by atoms with Gasteiger partial charge in [-0.2, -0.15) is 0 Å². The minimum atomic E-state index is -0.0813. The van der Waals surface area contributed by atoms with Crippen molar-refractivity contribution in [2.75, 3.05) is 0 Å². The molecule has 1 unspecified atom stereocenters. The average Bonchev–Trinajstić information content (AvgIpc) is 2.40. The molecule has 2 rings (SSSR count). The number of hydrogen-bond donors (Lipinski definition) is 1. The van der Waals surface area contributed by atoms with E-state index in [1.165, 1.54) is 6.42 Å². The number of carbonyl (C=O) groups is 1. The maximum absolute atomic E-state index is 10.6. The molecule has 2 aliphatic carbocycles. The van der Waals surface area contributed by atoms with Gasteiger partial charge in [0, 0.05) is 5.92 Å². The predicted molar refractivity (Wildman–Crippen MR) is 33.5 cm³/mol. The zero-order valence-corrected chi connectivity index (χ0v) is 5.34. The molecule has 2 nitrogen and oxygen atoms in total. The molecule has 0 saturated heterocycles. The standard InChI is InChI=1S/C7H11NO/c8-7(9)6-2-4-1-5(4)3-6/h4-6H,1-3H2,(H2,8,9)/t4-,5+,6?. The molecule has 2 N–H and O–H groups in total. The Morgan fingerprint density at radius 3 is 2.11 bits per heavy atom. The molecular weight excluding hydrogens is 114 g/mol. The maximum Gasteiger partial charge on any atom is 0.220 e. The highest BCUT2D eigenvalue weighted by molar-refractivity contribution is 5.77. The van der Waals surface area contributed by atoms with Crippen LogP contribution in [0.15, 0.2) is 0 Å². The zero-order valence-electron chi connectivity index (χ0n) is 5.34. The molecule has 0 radical (unpaired) electrons. The first-order valence-corrected chi connectivity index (χ1v) is 3.56. The van der Waals surface area contributed by atoms with Gasteiger partial charge in [0.15, 0.2) is 0 Å². The Labute approximate surface area is 54.4 Å². The number of rotatable bonds is 1. The molecule has 2 aliphatic rings. The van der Waals surface area contributed by atoms with E-state index in [9.17, 15) is 4.79 Å². The molecule has 9 heavy (non-hydrogen) atoms. The lowest BCUT2D eigenvalue weighted by Gasteiger charge is -2.03. The summed E-state index contributed by atoms with van der Waals surface area (Å²) in [5.74, 6) is 1.90. The van der Waals surface area contributed by atoms with Crippen molar-refractivity contribution in [1.29, 1.82) is 0 Å². The molecule has 0 heterocycles. The van der Waals surface area contributed by atoms with E-state index < -0.39 is 0 Å². The summed E-state index contributed by atoms with van der Waals surface area (Å²) >= 11 is 0. The van der Waals surface area contributed by atoms with Gasteiger partial charge in [-0.05, 0) is 31.1 Å². The molecule has 0 aromatic heterocycles. The van der Waals surface area contributed by atoms with E-state index in [0.717, 1.165) is 24.7 Å².